The zero-order valence-corrected chi connectivity index (χ0v) is 14.0. The summed E-state index contributed by atoms with van der Waals surface area (Å²) in [4.78, 5) is 23.3. The highest BCUT2D eigenvalue weighted by Crippen LogP contribution is 2.45. The van der Waals surface area contributed by atoms with Gasteiger partial charge in [-0.05, 0) is 36.5 Å². The van der Waals surface area contributed by atoms with Crippen LogP contribution < -0.4 is 0 Å². The molecule has 124 valence electrons. The van der Waals surface area contributed by atoms with Crippen molar-refractivity contribution in [2.24, 2.45) is 29.1 Å². The van der Waals surface area contributed by atoms with Crippen LogP contribution >= 0.6 is 0 Å². The second-order valence-electron chi connectivity index (χ2n) is 7.04. The van der Waals surface area contributed by atoms with Crippen LogP contribution in [0.1, 0.15) is 54.4 Å². The van der Waals surface area contributed by atoms with Crippen molar-refractivity contribution in [1.29, 1.82) is 0 Å². The first-order chi connectivity index (χ1) is 9.47. The number of aliphatic hydroxyl groups excluding tert-OH is 1. The Morgan fingerprint density at radius 3 is 1.38 bits per heavy atom. The number of carboxylic acid groups (broad SMARTS) is 2. The van der Waals surface area contributed by atoms with E-state index in [1.165, 1.54) is 0 Å². The van der Waals surface area contributed by atoms with Gasteiger partial charge in [0.15, 0.2) is 6.10 Å². The molecule has 0 aromatic rings. The molecule has 0 aliphatic heterocycles. The lowest BCUT2D eigenvalue weighted by Crippen LogP contribution is -2.55. The van der Waals surface area contributed by atoms with Crippen molar-refractivity contribution in [1.82, 2.24) is 0 Å². The lowest BCUT2D eigenvalue weighted by molar-refractivity contribution is -0.183. The first-order valence-electron chi connectivity index (χ1n) is 7.62. The molecule has 5 nitrogen and oxygen atoms in total. The van der Waals surface area contributed by atoms with Gasteiger partial charge in [-0.3, -0.25) is 4.79 Å². The Balaban J connectivity index is 5.87. The molecule has 0 aliphatic rings. The molecule has 3 unspecified atom stereocenters. The topological polar surface area (TPSA) is 94.8 Å². The van der Waals surface area contributed by atoms with E-state index in [-0.39, 0.29) is 11.8 Å². The van der Waals surface area contributed by atoms with Crippen LogP contribution in [0.2, 0.25) is 0 Å². The van der Waals surface area contributed by atoms with Crippen molar-refractivity contribution in [2.45, 2.75) is 60.5 Å². The van der Waals surface area contributed by atoms with Crippen LogP contribution in [0.4, 0.5) is 0 Å². The van der Waals surface area contributed by atoms with Gasteiger partial charge in [0.2, 0.25) is 0 Å². The van der Waals surface area contributed by atoms with E-state index < -0.39 is 35.3 Å². The van der Waals surface area contributed by atoms with Crippen molar-refractivity contribution < 1.29 is 24.9 Å². The Kier molecular flexibility index (Phi) is 7.37. The highest BCUT2D eigenvalue weighted by molar-refractivity contribution is 5.85. The van der Waals surface area contributed by atoms with Crippen LogP contribution in [0.3, 0.4) is 0 Å². The van der Waals surface area contributed by atoms with Crippen LogP contribution in [-0.4, -0.2) is 33.4 Å². The zero-order chi connectivity index (χ0) is 17.0. The maximum Gasteiger partial charge on any atom is 0.333 e. The van der Waals surface area contributed by atoms with Gasteiger partial charge in [-0.2, -0.15) is 0 Å². The molecule has 5 heteroatoms. The Morgan fingerprint density at radius 2 is 1.19 bits per heavy atom. The average Bonchev–Trinajstić information content (AvgIpc) is 2.26. The molecular formula is C16H30O5. The summed E-state index contributed by atoms with van der Waals surface area (Å²) in [5, 5.41) is 29.2. The molecular weight excluding hydrogens is 272 g/mol. The van der Waals surface area contributed by atoms with E-state index in [2.05, 4.69) is 0 Å². The molecule has 0 fully saturated rings. The third-order valence-corrected chi connectivity index (χ3v) is 4.34. The van der Waals surface area contributed by atoms with Crippen molar-refractivity contribution in [3.8, 4) is 0 Å². The number of hydrogen-bond donors (Lipinski definition) is 3. The minimum absolute atomic E-state index is 0.228. The maximum atomic E-state index is 12.0. The molecule has 0 spiro atoms. The van der Waals surface area contributed by atoms with E-state index in [4.69, 9.17) is 0 Å². The number of rotatable bonds is 9. The Hall–Kier alpha value is -1.10. The number of carbonyl (C=O) groups is 2. The number of hydrogen-bond acceptors (Lipinski definition) is 3. The third-order valence-electron chi connectivity index (χ3n) is 4.34. The maximum absolute atomic E-state index is 12.0. The number of carboxylic acids is 2. The van der Waals surface area contributed by atoms with E-state index in [1.54, 1.807) is 13.8 Å². The van der Waals surface area contributed by atoms with Crippen LogP contribution in [0.15, 0.2) is 0 Å². The molecule has 0 bridgehead atoms. The van der Waals surface area contributed by atoms with Gasteiger partial charge < -0.3 is 15.3 Å². The molecule has 0 aromatic heterocycles. The molecule has 0 aliphatic carbocycles. The molecule has 0 aromatic carbocycles. The van der Waals surface area contributed by atoms with E-state index in [0.29, 0.717) is 12.8 Å². The largest absolute Gasteiger partial charge is 0.481 e. The Morgan fingerprint density at radius 1 is 0.857 bits per heavy atom. The molecule has 0 saturated carbocycles. The summed E-state index contributed by atoms with van der Waals surface area (Å²) in [6, 6.07) is 0. The second-order valence-corrected chi connectivity index (χ2v) is 7.04. The van der Waals surface area contributed by atoms with Gasteiger partial charge in [0.1, 0.15) is 5.41 Å². The quantitative estimate of drug-likeness (QED) is 0.609. The monoisotopic (exact) mass is 302 g/mol. The highest BCUT2D eigenvalue weighted by atomic mass is 16.4. The lowest BCUT2D eigenvalue weighted by atomic mass is 9.60. The van der Waals surface area contributed by atoms with E-state index in [1.807, 2.05) is 27.7 Å². The summed E-state index contributed by atoms with van der Waals surface area (Å²) in [5.74, 6) is -3.11. The molecule has 3 atom stereocenters. The van der Waals surface area contributed by atoms with E-state index >= 15 is 0 Å². The first kappa shape index (κ1) is 19.9. The summed E-state index contributed by atoms with van der Waals surface area (Å²) >= 11 is 0. The molecule has 0 saturated heterocycles. The third kappa shape index (κ3) is 4.43. The van der Waals surface area contributed by atoms with Crippen LogP contribution in [0.25, 0.3) is 0 Å². The number of aliphatic carboxylic acids is 2. The molecule has 21 heavy (non-hydrogen) atoms. The molecule has 0 radical (unpaired) electrons. The van der Waals surface area contributed by atoms with Gasteiger partial charge in [-0.15, -0.1) is 0 Å². The molecule has 0 heterocycles. The van der Waals surface area contributed by atoms with Gasteiger partial charge in [-0.25, -0.2) is 4.79 Å². The normalized spacial score (nSPS) is 19.1. The van der Waals surface area contributed by atoms with Crippen molar-refractivity contribution in [3.05, 3.63) is 0 Å². The zero-order valence-electron chi connectivity index (χ0n) is 14.0. The average molecular weight is 302 g/mol. The van der Waals surface area contributed by atoms with Gasteiger partial charge in [0.25, 0.3) is 0 Å². The first-order valence-corrected chi connectivity index (χ1v) is 7.62. The fourth-order valence-electron chi connectivity index (χ4n) is 3.57. The summed E-state index contributed by atoms with van der Waals surface area (Å²) < 4.78 is 0. The summed E-state index contributed by atoms with van der Waals surface area (Å²) in [6.07, 6.45) is -0.796. The van der Waals surface area contributed by atoms with Crippen LogP contribution in [0, 0.1) is 29.1 Å². The van der Waals surface area contributed by atoms with Crippen molar-refractivity contribution in [2.75, 3.05) is 0 Å². The summed E-state index contributed by atoms with van der Waals surface area (Å²) in [5.41, 5.74) is -1.67. The fraction of sp³-hybridized carbons (Fsp3) is 0.875. The van der Waals surface area contributed by atoms with Crippen molar-refractivity contribution in [3.63, 3.8) is 0 Å². The summed E-state index contributed by atoms with van der Waals surface area (Å²) in [6.45, 7) is 11.3. The molecule has 3 N–H and O–H groups in total. The minimum Gasteiger partial charge on any atom is -0.481 e. The predicted octanol–water partition coefficient (Wildman–Crippen LogP) is 2.87. The number of aliphatic hydroxyl groups is 1. The Bertz CT molecular complexity index is 346. The highest BCUT2D eigenvalue weighted by Gasteiger charge is 2.56. The van der Waals surface area contributed by atoms with Gasteiger partial charge >= 0.3 is 11.9 Å². The van der Waals surface area contributed by atoms with E-state index in [0.717, 1.165) is 0 Å². The standard InChI is InChI=1S/C16H30O5/c1-9(2)7-11(5)16(15(20)21,13(17)14(18)19)12(6)8-10(3)4/h9-13,17H,7-8H2,1-6H3,(H,18,19)(H,20,21). The van der Waals surface area contributed by atoms with Gasteiger partial charge in [0, 0.05) is 0 Å². The van der Waals surface area contributed by atoms with E-state index in [9.17, 15) is 24.9 Å². The predicted molar refractivity (Wildman–Crippen MR) is 80.9 cm³/mol. The molecule has 0 amide bonds. The Labute approximate surface area is 127 Å². The molecule has 0 rings (SSSR count). The van der Waals surface area contributed by atoms with Gasteiger partial charge in [-0.1, -0.05) is 41.5 Å². The van der Waals surface area contributed by atoms with Gasteiger partial charge in [0.05, 0.1) is 0 Å². The van der Waals surface area contributed by atoms with Crippen molar-refractivity contribution >= 4 is 11.9 Å². The summed E-state index contributed by atoms with van der Waals surface area (Å²) in [7, 11) is 0. The van der Waals surface area contributed by atoms with Crippen LogP contribution in [0.5, 0.6) is 0 Å². The smallest absolute Gasteiger partial charge is 0.333 e. The lowest BCUT2D eigenvalue weighted by Gasteiger charge is -2.43. The second kappa shape index (κ2) is 7.78. The minimum atomic E-state index is -1.91. The SMILES string of the molecule is CC(C)CC(C)C(C(=O)O)(C(C)CC(C)C)C(O)C(=O)O. The van der Waals surface area contributed by atoms with Crippen LogP contribution in [-0.2, 0) is 9.59 Å². The fourth-order valence-corrected chi connectivity index (χ4v) is 3.57.